The average Bonchev–Trinajstić information content (AvgIpc) is 1.61. The topological polar surface area (TPSA) is 3.24 Å². The van der Waals surface area contributed by atoms with Gasteiger partial charge in [-0.3, -0.25) is 0 Å². The van der Waals surface area contributed by atoms with Gasteiger partial charge in [-0.2, -0.15) is 0 Å². The molecule has 0 aliphatic heterocycles. The summed E-state index contributed by atoms with van der Waals surface area (Å²) in [6.45, 7) is 29.5. The highest BCUT2D eigenvalue weighted by atomic mass is 32.1. The first-order valence-electron chi connectivity index (χ1n) is 45.1. The standard InChI is InChI=1S/C66H51NS2.C58H42S2/c1-38-16-14-17-39(2)60(38)50-37-57-63-53(35-55-49-33-47(29-31-58(49)68-65(55)57)67(45-20-10-8-11-21-45)46-22-12-9-13-23-46)51(61-40(3)18-15-19-41(61)4)36-56-62(63)52(50)34-54-48-30-26-43(32-59(48)69-64(54)56)42-24-27-44(28-25-42)66(5,6)7;1-31-13-17-37(18-14-31)39-21-23-51-41(25-39)47-27-45-43(53-33(3)9-7-10-34(53)4)30-50-56-46(44(29-49(55(45)56)57(47)59-51)54-35(5)11-8-12-36(54)6)28-48-42-26-40(22-24-52(42)60-58(48)50)38-19-15-32(2)16-20-38/h8-37H,1-7H3;7-30H,1-6H3. The van der Waals surface area contributed by atoms with Crippen molar-refractivity contribution in [1.29, 1.82) is 0 Å². The van der Waals surface area contributed by atoms with Crippen LogP contribution in [0.1, 0.15) is 82.0 Å². The number of hydrogen-bond acceptors (Lipinski definition) is 5. The van der Waals surface area contributed by atoms with Crippen LogP contribution in [0.5, 0.6) is 0 Å². The summed E-state index contributed by atoms with van der Waals surface area (Å²) < 4.78 is 10.7. The van der Waals surface area contributed by atoms with Gasteiger partial charge in [-0.05, 0) is 367 Å². The fraction of sp³-hybridized carbons (Fsp3) is 0.113. The summed E-state index contributed by atoms with van der Waals surface area (Å²) in [6, 6.07) is 125. The molecule has 0 bridgehead atoms. The highest BCUT2D eigenvalue weighted by Crippen LogP contribution is 2.58. The van der Waals surface area contributed by atoms with E-state index in [9.17, 15) is 0 Å². The van der Waals surface area contributed by atoms with E-state index >= 15 is 0 Å². The molecule has 25 rings (SSSR count). The van der Waals surface area contributed by atoms with Crippen LogP contribution < -0.4 is 4.90 Å². The summed E-state index contributed by atoms with van der Waals surface area (Å²) >= 11 is 7.80. The van der Waals surface area contributed by atoms with E-state index in [1.165, 1.54) is 284 Å². The molecular formula is C124H93NS4. The molecule has 21 aromatic carbocycles. The zero-order valence-corrected chi connectivity index (χ0v) is 78.0. The molecule has 0 aliphatic carbocycles. The first kappa shape index (κ1) is 78.8. The third kappa shape index (κ3) is 12.6. The number of benzene rings is 21. The third-order valence-electron chi connectivity index (χ3n) is 28.1. The maximum absolute atomic E-state index is 2.58. The van der Waals surface area contributed by atoms with Crippen LogP contribution in [-0.4, -0.2) is 0 Å². The fourth-order valence-electron chi connectivity index (χ4n) is 21.8. The second-order valence-electron chi connectivity index (χ2n) is 37.4. The summed E-state index contributed by atoms with van der Waals surface area (Å²) in [7, 11) is 0. The van der Waals surface area contributed by atoms with Crippen LogP contribution in [0.2, 0.25) is 0 Å². The summed E-state index contributed by atoms with van der Waals surface area (Å²) in [5.41, 5.74) is 36.0. The van der Waals surface area contributed by atoms with Crippen molar-refractivity contribution in [3.05, 3.63) is 389 Å². The molecule has 618 valence electrons. The highest BCUT2D eigenvalue weighted by Gasteiger charge is 2.30. The smallest absolute Gasteiger partial charge is 0.0468 e. The number of nitrogens with zero attached hydrogens (tertiary/aromatic N) is 1. The monoisotopic (exact) mass is 1720 g/mol. The van der Waals surface area contributed by atoms with Crippen molar-refractivity contribution in [3.63, 3.8) is 0 Å². The molecule has 5 heteroatoms. The Labute approximate surface area is 768 Å². The van der Waals surface area contributed by atoms with Gasteiger partial charge in [0, 0.05) is 119 Å². The highest BCUT2D eigenvalue weighted by molar-refractivity contribution is 7.28. The minimum atomic E-state index is 0.111. The molecule has 25 aromatic rings. The molecule has 0 fully saturated rings. The Bertz CT molecular complexity index is 8600. The largest absolute Gasteiger partial charge is 0.310 e. The third-order valence-corrected chi connectivity index (χ3v) is 33.0. The maximum atomic E-state index is 2.58. The van der Waals surface area contributed by atoms with Gasteiger partial charge < -0.3 is 4.90 Å². The minimum absolute atomic E-state index is 0.111. The Balaban J connectivity index is 0.000000145. The van der Waals surface area contributed by atoms with E-state index in [0.29, 0.717) is 0 Å². The summed E-state index contributed by atoms with van der Waals surface area (Å²) in [5, 5.41) is 26.8. The molecule has 0 radical (unpaired) electrons. The zero-order valence-electron chi connectivity index (χ0n) is 74.8. The van der Waals surface area contributed by atoms with Crippen LogP contribution in [0.3, 0.4) is 0 Å². The van der Waals surface area contributed by atoms with Crippen LogP contribution in [-0.2, 0) is 5.41 Å². The number of anilines is 3. The van der Waals surface area contributed by atoms with E-state index in [2.05, 4.69) is 422 Å². The number of fused-ring (bicyclic) bond motifs is 16. The van der Waals surface area contributed by atoms with E-state index in [0.717, 1.165) is 17.1 Å². The minimum Gasteiger partial charge on any atom is -0.310 e. The quantitative estimate of drug-likeness (QED) is 0.123. The van der Waals surface area contributed by atoms with Gasteiger partial charge in [0.05, 0.1) is 0 Å². The molecule has 129 heavy (non-hydrogen) atoms. The van der Waals surface area contributed by atoms with Crippen LogP contribution >= 0.6 is 45.3 Å². The lowest BCUT2D eigenvalue weighted by atomic mass is 9.82. The Morgan fingerprint density at radius 3 is 0.822 bits per heavy atom. The van der Waals surface area contributed by atoms with Crippen molar-refractivity contribution in [2.75, 3.05) is 4.90 Å². The van der Waals surface area contributed by atoms with Crippen LogP contribution in [0.4, 0.5) is 17.1 Å². The molecule has 0 atom stereocenters. The molecule has 4 heterocycles. The molecular weight excluding hydrogens is 1630 g/mol. The second kappa shape index (κ2) is 30.0. The Morgan fingerprint density at radius 1 is 0.194 bits per heavy atom. The van der Waals surface area contributed by atoms with Crippen molar-refractivity contribution >= 4 is 208 Å². The van der Waals surface area contributed by atoms with E-state index in [-0.39, 0.29) is 5.41 Å². The van der Waals surface area contributed by atoms with Gasteiger partial charge in [0.1, 0.15) is 0 Å². The number of hydrogen-bond donors (Lipinski definition) is 0. The van der Waals surface area contributed by atoms with Gasteiger partial charge in [-0.1, -0.05) is 238 Å². The Kier molecular flexibility index (Phi) is 18.3. The van der Waals surface area contributed by atoms with Crippen molar-refractivity contribution in [2.45, 2.75) is 95.4 Å². The van der Waals surface area contributed by atoms with Gasteiger partial charge in [0.15, 0.2) is 0 Å². The number of para-hydroxylation sites is 2. The molecule has 0 unspecified atom stereocenters. The predicted molar refractivity (Wildman–Crippen MR) is 571 cm³/mol. The summed E-state index contributed by atoms with van der Waals surface area (Å²) in [5.74, 6) is 0. The van der Waals surface area contributed by atoms with Gasteiger partial charge in [-0.15, -0.1) is 45.3 Å². The van der Waals surface area contributed by atoms with Crippen molar-refractivity contribution in [2.24, 2.45) is 0 Å². The molecule has 0 spiro atoms. The number of aryl methyl sites for hydroxylation is 10. The zero-order chi connectivity index (χ0) is 87.4. The predicted octanol–water partition coefficient (Wildman–Crippen LogP) is 38.2. The van der Waals surface area contributed by atoms with Crippen molar-refractivity contribution < 1.29 is 0 Å². The summed E-state index contributed by atoms with van der Waals surface area (Å²) in [6.07, 6.45) is 0. The van der Waals surface area contributed by atoms with Gasteiger partial charge in [0.25, 0.3) is 0 Å². The van der Waals surface area contributed by atoms with Crippen molar-refractivity contribution in [3.8, 4) is 77.9 Å². The number of thiophene rings is 4. The maximum Gasteiger partial charge on any atom is 0.0468 e. The molecule has 4 aromatic heterocycles. The van der Waals surface area contributed by atoms with Crippen LogP contribution in [0, 0.1) is 69.2 Å². The fourth-order valence-corrected chi connectivity index (χ4v) is 26.6. The van der Waals surface area contributed by atoms with Crippen molar-refractivity contribution in [1.82, 2.24) is 0 Å². The second-order valence-corrected chi connectivity index (χ2v) is 41.7. The lowest BCUT2D eigenvalue weighted by molar-refractivity contribution is 0.590. The SMILES string of the molecule is Cc1ccc(-c2ccc3sc4c(cc5c(-c6c(C)cccc6C)cc6c7sc8ccc(-c9ccc(C)cc9)cc8c7cc7c(-c8c(C)cccc8C)cc4c5c76)c3c2)cc1.Cc1cccc(C)c1-c1cc2c3sc4ccc(N(c5ccccc5)c5ccccc5)cc4c3cc3c(-c4c(C)cccc4C)cc4c5sc6cc(-c7ccc(C(C)(C)C)cc7)ccc6c5cc1c4c32. The first-order chi connectivity index (χ1) is 62.7. The molecule has 0 saturated heterocycles. The average molecular weight is 1730 g/mol. The Hall–Kier alpha value is -13.6. The van der Waals surface area contributed by atoms with Gasteiger partial charge in [0.2, 0.25) is 0 Å². The Morgan fingerprint density at radius 2 is 0.481 bits per heavy atom. The molecule has 0 N–H and O–H groups in total. The number of rotatable bonds is 10. The van der Waals surface area contributed by atoms with Crippen LogP contribution in [0.25, 0.3) is 223 Å². The normalized spacial score (nSPS) is 12.2. The summed E-state index contributed by atoms with van der Waals surface area (Å²) in [4.78, 5) is 2.39. The van der Waals surface area contributed by atoms with Gasteiger partial charge in [-0.25, -0.2) is 0 Å². The molecule has 0 amide bonds. The lowest BCUT2D eigenvalue weighted by Crippen LogP contribution is -2.10. The van der Waals surface area contributed by atoms with E-state index in [1.807, 2.05) is 45.3 Å². The van der Waals surface area contributed by atoms with Gasteiger partial charge >= 0.3 is 0 Å². The molecule has 1 nitrogen and oxygen atoms in total. The molecule has 0 saturated carbocycles. The van der Waals surface area contributed by atoms with E-state index in [4.69, 9.17) is 0 Å². The van der Waals surface area contributed by atoms with E-state index in [1.54, 1.807) is 0 Å². The lowest BCUT2D eigenvalue weighted by Gasteiger charge is -2.25. The van der Waals surface area contributed by atoms with Crippen LogP contribution in [0.15, 0.2) is 328 Å². The molecule has 0 aliphatic rings. The van der Waals surface area contributed by atoms with E-state index < -0.39 is 0 Å². The first-order valence-corrected chi connectivity index (χ1v) is 48.4.